The van der Waals surface area contributed by atoms with Crippen molar-refractivity contribution in [1.82, 2.24) is 10.2 Å². The maximum atomic E-state index is 14.4. The lowest BCUT2D eigenvalue weighted by Crippen LogP contribution is -2.37. The summed E-state index contributed by atoms with van der Waals surface area (Å²) in [5, 5.41) is 3.54. The molecule has 1 aliphatic rings. The number of benzene rings is 1. The van der Waals surface area contributed by atoms with Gasteiger partial charge in [0.25, 0.3) is 0 Å². The first-order chi connectivity index (χ1) is 9.99. The second kappa shape index (κ2) is 7.70. The third kappa shape index (κ3) is 4.51. The molecule has 1 aromatic carbocycles. The van der Waals surface area contributed by atoms with Gasteiger partial charge in [-0.1, -0.05) is 36.2 Å². The number of hydrogen-bond acceptors (Lipinski definition) is 2. The highest BCUT2D eigenvalue weighted by atomic mass is 79.9. The number of likely N-dealkylation sites (tertiary alicyclic amines) is 1. The average Bonchev–Trinajstić information content (AvgIpc) is 2.61. The molecule has 1 heterocycles. The molecule has 2 unspecified atom stereocenters. The molecule has 1 fully saturated rings. The summed E-state index contributed by atoms with van der Waals surface area (Å²) in [7, 11) is 2.12. The molecule has 4 heteroatoms. The van der Waals surface area contributed by atoms with Crippen molar-refractivity contribution in [2.45, 2.75) is 45.2 Å². The van der Waals surface area contributed by atoms with E-state index in [1.165, 1.54) is 12.8 Å². The van der Waals surface area contributed by atoms with Crippen LogP contribution in [-0.2, 0) is 0 Å². The molecule has 1 aliphatic heterocycles. The summed E-state index contributed by atoms with van der Waals surface area (Å²) in [6.45, 7) is 6.30. The summed E-state index contributed by atoms with van der Waals surface area (Å²) in [5.74, 6) is 0.357. The van der Waals surface area contributed by atoms with Gasteiger partial charge in [-0.15, -0.1) is 0 Å². The van der Waals surface area contributed by atoms with Crippen molar-refractivity contribution in [3.63, 3.8) is 0 Å². The lowest BCUT2D eigenvalue weighted by atomic mass is 9.88. The van der Waals surface area contributed by atoms with E-state index in [0.717, 1.165) is 29.5 Å². The smallest absolute Gasteiger partial charge is 0.128 e. The zero-order valence-corrected chi connectivity index (χ0v) is 14.8. The van der Waals surface area contributed by atoms with Crippen molar-refractivity contribution in [2.24, 2.45) is 5.92 Å². The fraction of sp³-hybridized carbons (Fsp3) is 0.647. The van der Waals surface area contributed by atoms with Gasteiger partial charge in [0.1, 0.15) is 5.82 Å². The molecule has 0 aliphatic carbocycles. The van der Waals surface area contributed by atoms with Gasteiger partial charge in [-0.25, -0.2) is 4.39 Å². The molecule has 1 aromatic rings. The maximum Gasteiger partial charge on any atom is 0.128 e. The van der Waals surface area contributed by atoms with E-state index in [4.69, 9.17) is 0 Å². The first-order valence-corrected chi connectivity index (χ1v) is 8.67. The van der Waals surface area contributed by atoms with Gasteiger partial charge in [0.15, 0.2) is 0 Å². The monoisotopic (exact) mass is 356 g/mol. The van der Waals surface area contributed by atoms with Crippen LogP contribution in [0.25, 0.3) is 0 Å². The van der Waals surface area contributed by atoms with Crippen LogP contribution in [0.1, 0.15) is 44.7 Å². The van der Waals surface area contributed by atoms with Crippen LogP contribution in [0.4, 0.5) is 4.39 Å². The fourth-order valence-corrected chi connectivity index (χ4v) is 3.64. The standard InChI is InChI=1S/C17H26BrFN2/c1-12(2)20-11-13-6-4-5-9-21(3)17(13)15-10-14(18)7-8-16(15)19/h7-8,10,12-13,17,20H,4-6,9,11H2,1-3H3. The van der Waals surface area contributed by atoms with Crippen molar-refractivity contribution in [2.75, 3.05) is 20.1 Å². The van der Waals surface area contributed by atoms with E-state index < -0.39 is 0 Å². The number of rotatable bonds is 4. The van der Waals surface area contributed by atoms with E-state index in [-0.39, 0.29) is 11.9 Å². The number of hydrogen-bond donors (Lipinski definition) is 1. The highest BCUT2D eigenvalue weighted by molar-refractivity contribution is 9.10. The minimum Gasteiger partial charge on any atom is -0.314 e. The van der Waals surface area contributed by atoms with Gasteiger partial charge in [0.2, 0.25) is 0 Å². The predicted molar refractivity (Wildman–Crippen MR) is 90.0 cm³/mol. The molecule has 2 nitrogen and oxygen atoms in total. The number of nitrogens with one attached hydrogen (secondary N) is 1. The van der Waals surface area contributed by atoms with E-state index in [1.807, 2.05) is 6.07 Å². The summed E-state index contributed by atoms with van der Waals surface area (Å²) in [4.78, 5) is 2.32. The Morgan fingerprint density at radius 3 is 2.86 bits per heavy atom. The van der Waals surface area contributed by atoms with Gasteiger partial charge in [0, 0.05) is 28.7 Å². The highest BCUT2D eigenvalue weighted by Crippen LogP contribution is 2.36. The minimum atomic E-state index is -0.0912. The van der Waals surface area contributed by atoms with E-state index in [1.54, 1.807) is 12.1 Å². The van der Waals surface area contributed by atoms with Crippen LogP contribution < -0.4 is 5.32 Å². The summed E-state index contributed by atoms with van der Waals surface area (Å²) in [6.07, 6.45) is 3.57. The highest BCUT2D eigenvalue weighted by Gasteiger charge is 2.30. The van der Waals surface area contributed by atoms with Gasteiger partial charge >= 0.3 is 0 Å². The lowest BCUT2D eigenvalue weighted by molar-refractivity contribution is 0.182. The predicted octanol–water partition coefficient (Wildman–Crippen LogP) is 4.36. The van der Waals surface area contributed by atoms with Crippen LogP contribution in [0.15, 0.2) is 22.7 Å². The van der Waals surface area contributed by atoms with Crippen LogP contribution >= 0.6 is 15.9 Å². The average molecular weight is 357 g/mol. The van der Waals surface area contributed by atoms with E-state index >= 15 is 0 Å². The Bertz CT molecular complexity index is 464. The zero-order valence-electron chi connectivity index (χ0n) is 13.2. The molecular formula is C17H26BrFN2. The topological polar surface area (TPSA) is 15.3 Å². The van der Waals surface area contributed by atoms with Gasteiger partial charge in [-0.2, -0.15) is 0 Å². The molecule has 2 rings (SSSR count). The molecule has 2 atom stereocenters. The molecular weight excluding hydrogens is 331 g/mol. The van der Waals surface area contributed by atoms with Crippen LogP contribution in [0.5, 0.6) is 0 Å². The second-order valence-corrected chi connectivity index (χ2v) is 7.33. The van der Waals surface area contributed by atoms with Crippen molar-refractivity contribution in [1.29, 1.82) is 0 Å². The van der Waals surface area contributed by atoms with Crippen LogP contribution in [0.2, 0.25) is 0 Å². The van der Waals surface area contributed by atoms with Crippen LogP contribution in [0.3, 0.4) is 0 Å². The van der Waals surface area contributed by atoms with E-state index in [0.29, 0.717) is 12.0 Å². The van der Waals surface area contributed by atoms with Gasteiger partial charge in [-0.3, -0.25) is 4.90 Å². The third-order valence-electron chi connectivity index (χ3n) is 4.32. The first-order valence-electron chi connectivity index (χ1n) is 7.87. The van der Waals surface area contributed by atoms with Crippen molar-refractivity contribution < 1.29 is 4.39 Å². The van der Waals surface area contributed by atoms with E-state index in [2.05, 4.69) is 47.0 Å². The fourth-order valence-electron chi connectivity index (χ4n) is 3.26. The molecule has 0 radical (unpaired) electrons. The Morgan fingerprint density at radius 2 is 2.14 bits per heavy atom. The summed E-state index contributed by atoms with van der Waals surface area (Å²) in [6, 6.07) is 5.91. The van der Waals surface area contributed by atoms with Crippen LogP contribution in [-0.4, -0.2) is 31.1 Å². The molecule has 0 bridgehead atoms. The van der Waals surface area contributed by atoms with E-state index in [9.17, 15) is 4.39 Å². The Balaban J connectivity index is 2.29. The summed E-state index contributed by atoms with van der Waals surface area (Å²) < 4.78 is 15.3. The first kappa shape index (κ1) is 16.9. The molecule has 0 aromatic heterocycles. The molecule has 21 heavy (non-hydrogen) atoms. The Hall–Kier alpha value is -0.450. The molecule has 0 saturated carbocycles. The van der Waals surface area contributed by atoms with Crippen LogP contribution in [0, 0.1) is 11.7 Å². The van der Waals surface area contributed by atoms with Crippen molar-refractivity contribution in [3.05, 3.63) is 34.1 Å². The minimum absolute atomic E-state index is 0.0912. The van der Waals surface area contributed by atoms with Gasteiger partial charge < -0.3 is 5.32 Å². The summed E-state index contributed by atoms with van der Waals surface area (Å²) >= 11 is 3.48. The molecule has 0 amide bonds. The van der Waals surface area contributed by atoms with Crippen molar-refractivity contribution in [3.8, 4) is 0 Å². The van der Waals surface area contributed by atoms with Gasteiger partial charge in [-0.05, 0) is 50.6 Å². The number of nitrogens with zero attached hydrogens (tertiary/aromatic N) is 1. The van der Waals surface area contributed by atoms with Gasteiger partial charge in [0.05, 0.1) is 0 Å². The quantitative estimate of drug-likeness (QED) is 0.861. The lowest BCUT2D eigenvalue weighted by Gasteiger charge is -2.33. The zero-order chi connectivity index (χ0) is 15.4. The molecule has 1 N–H and O–H groups in total. The maximum absolute atomic E-state index is 14.4. The molecule has 118 valence electrons. The number of halogens is 2. The Morgan fingerprint density at radius 1 is 1.38 bits per heavy atom. The van der Waals surface area contributed by atoms with Crippen molar-refractivity contribution >= 4 is 15.9 Å². The third-order valence-corrected chi connectivity index (χ3v) is 4.82. The summed E-state index contributed by atoms with van der Waals surface area (Å²) in [5.41, 5.74) is 0.823. The normalized spacial score (nSPS) is 24.3. The SMILES string of the molecule is CC(C)NCC1CCCCN(C)C1c1cc(Br)ccc1F. The molecule has 0 spiro atoms. The Labute approximate surface area is 136 Å². The Kier molecular flexibility index (Phi) is 6.20. The second-order valence-electron chi connectivity index (χ2n) is 6.41. The molecule has 1 saturated heterocycles. The largest absolute Gasteiger partial charge is 0.314 e.